The maximum Gasteiger partial charge on any atom is 0.243 e. The minimum absolute atomic E-state index is 0. The van der Waals surface area contributed by atoms with Gasteiger partial charge in [0.25, 0.3) is 0 Å². The fourth-order valence-corrected chi connectivity index (χ4v) is 2.81. The number of carbonyl (C=O) groups excluding carboxylic acids is 1. The summed E-state index contributed by atoms with van der Waals surface area (Å²) in [6.07, 6.45) is 0. The standard InChI is InChI=1S/C15H17N3O2S.ClH/c1-10-17-14(9-21-10)11-2-4-12(5-3-11)18-15(19)13-8-20-7-6-16-13;/h2-5,9,13,16H,6-8H2,1H3,(H,18,19);1H. The van der Waals surface area contributed by atoms with Crippen LogP contribution in [0, 0.1) is 6.92 Å². The monoisotopic (exact) mass is 339 g/mol. The van der Waals surface area contributed by atoms with E-state index in [-0.39, 0.29) is 24.4 Å². The molecule has 118 valence electrons. The van der Waals surface area contributed by atoms with Crippen LogP contribution in [0.3, 0.4) is 0 Å². The number of morpholine rings is 1. The fraction of sp³-hybridized carbons (Fsp3) is 0.333. The molecule has 2 N–H and O–H groups in total. The molecule has 3 rings (SSSR count). The maximum absolute atomic E-state index is 12.1. The van der Waals surface area contributed by atoms with Crippen molar-refractivity contribution in [2.75, 3.05) is 25.1 Å². The molecule has 1 aliphatic heterocycles. The van der Waals surface area contributed by atoms with Crippen molar-refractivity contribution in [3.05, 3.63) is 34.7 Å². The van der Waals surface area contributed by atoms with E-state index in [2.05, 4.69) is 15.6 Å². The van der Waals surface area contributed by atoms with Crippen LogP contribution in [0.4, 0.5) is 5.69 Å². The van der Waals surface area contributed by atoms with Gasteiger partial charge in [0.1, 0.15) is 6.04 Å². The van der Waals surface area contributed by atoms with Gasteiger partial charge in [-0.15, -0.1) is 23.7 Å². The molecule has 1 saturated heterocycles. The molecule has 1 amide bonds. The van der Waals surface area contributed by atoms with E-state index in [1.807, 2.05) is 36.6 Å². The first-order valence-corrected chi connectivity index (χ1v) is 7.75. The normalized spacial score (nSPS) is 17.6. The third-order valence-corrected chi connectivity index (χ3v) is 4.08. The number of thiazole rings is 1. The van der Waals surface area contributed by atoms with Crippen LogP contribution >= 0.6 is 23.7 Å². The average molecular weight is 340 g/mol. The molecule has 0 radical (unpaired) electrons. The summed E-state index contributed by atoms with van der Waals surface area (Å²) in [6.45, 7) is 3.77. The summed E-state index contributed by atoms with van der Waals surface area (Å²) >= 11 is 1.63. The Labute approximate surface area is 139 Å². The number of amides is 1. The topological polar surface area (TPSA) is 63.2 Å². The van der Waals surface area contributed by atoms with E-state index in [1.54, 1.807) is 11.3 Å². The Morgan fingerprint density at radius 2 is 2.18 bits per heavy atom. The lowest BCUT2D eigenvalue weighted by Crippen LogP contribution is -2.48. The molecule has 2 heterocycles. The molecule has 0 aliphatic carbocycles. The lowest BCUT2D eigenvalue weighted by Gasteiger charge is -2.22. The highest BCUT2D eigenvalue weighted by Gasteiger charge is 2.21. The number of nitrogens with one attached hydrogen (secondary N) is 2. The molecule has 1 aliphatic rings. The van der Waals surface area contributed by atoms with Gasteiger partial charge in [0.2, 0.25) is 5.91 Å². The highest BCUT2D eigenvalue weighted by Crippen LogP contribution is 2.23. The van der Waals surface area contributed by atoms with Gasteiger partial charge in [-0.05, 0) is 19.1 Å². The Bertz CT molecular complexity index is 624. The minimum atomic E-state index is -0.278. The van der Waals surface area contributed by atoms with Gasteiger partial charge in [0.15, 0.2) is 0 Å². The molecule has 1 aromatic heterocycles. The Hall–Kier alpha value is -1.47. The van der Waals surface area contributed by atoms with Crippen molar-refractivity contribution in [1.82, 2.24) is 10.3 Å². The Morgan fingerprint density at radius 1 is 1.41 bits per heavy atom. The summed E-state index contributed by atoms with van der Waals surface area (Å²) in [5.74, 6) is -0.0630. The van der Waals surface area contributed by atoms with E-state index >= 15 is 0 Å². The molecule has 0 saturated carbocycles. The molecule has 22 heavy (non-hydrogen) atoms. The number of rotatable bonds is 3. The van der Waals surface area contributed by atoms with Gasteiger partial charge >= 0.3 is 0 Å². The zero-order valence-corrected chi connectivity index (χ0v) is 13.8. The van der Waals surface area contributed by atoms with E-state index in [0.717, 1.165) is 22.0 Å². The van der Waals surface area contributed by atoms with E-state index < -0.39 is 0 Å². The molecule has 0 spiro atoms. The third-order valence-electron chi connectivity index (χ3n) is 3.31. The Balaban J connectivity index is 0.00000176. The van der Waals surface area contributed by atoms with Gasteiger partial charge in [-0.1, -0.05) is 12.1 Å². The molecule has 7 heteroatoms. The molecule has 5 nitrogen and oxygen atoms in total. The van der Waals surface area contributed by atoms with Crippen LogP contribution in [-0.2, 0) is 9.53 Å². The average Bonchev–Trinajstić information content (AvgIpc) is 2.95. The summed E-state index contributed by atoms with van der Waals surface area (Å²) in [4.78, 5) is 16.5. The van der Waals surface area contributed by atoms with Gasteiger partial charge in [0.05, 0.1) is 23.9 Å². The zero-order chi connectivity index (χ0) is 14.7. The highest BCUT2D eigenvalue weighted by molar-refractivity contribution is 7.09. The van der Waals surface area contributed by atoms with Crippen molar-refractivity contribution in [1.29, 1.82) is 0 Å². The molecule has 1 atom stereocenters. The number of nitrogens with zero attached hydrogens (tertiary/aromatic N) is 1. The van der Waals surface area contributed by atoms with Crippen LogP contribution in [0.25, 0.3) is 11.3 Å². The van der Waals surface area contributed by atoms with Crippen molar-refractivity contribution < 1.29 is 9.53 Å². The van der Waals surface area contributed by atoms with Crippen molar-refractivity contribution in [2.45, 2.75) is 13.0 Å². The van der Waals surface area contributed by atoms with Gasteiger partial charge in [0, 0.05) is 23.2 Å². The molecule has 1 fully saturated rings. The molecule has 2 aromatic rings. The molecule has 1 aromatic carbocycles. The van der Waals surface area contributed by atoms with Gasteiger partial charge in [-0.2, -0.15) is 0 Å². The lowest BCUT2D eigenvalue weighted by molar-refractivity contribution is -0.120. The van der Waals surface area contributed by atoms with Crippen molar-refractivity contribution >= 4 is 35.3 Å². The van der Waals surface area contributed by atoms with Gasteiger partial charge in [-0.25, -0.2) is 4.98 Å². The fourth-order valence-electron chi connectivity index (χ4n) is 2.18. The number of carbonyl (C=O) groups is 1. The minimum Gasteiger partial charge on any atom is -0.378 e. The quantitative estimate of drug-likeness (QED) is 0.901. The third kappa shape index (κ3) is 4.04. The number of aromatic nitrogens is 1. The first-order valence-electron chi connectivity index (χ1n) is 6.87. The number of benzene rings is 1. The Kier molecular flexibility index (Phi) is 5.90. The zero-order valence-electron chi connectivity index (χ0n) is 12.2. The predicted molar refractivity (Wildman–Crippen MR) is 90.8 cm³/mol. The van der Waals surface area contributed by atoms with Gasteiger partial charge in [-0.3, -0.25) is 4.79 Å². The second kappa shape index (κ2) is 7.69. The van der Waals surface area contributed by atoms with Gasteiger partial charge < -0.3 is 15.4 Å². The maximum atomic E-state index is 12.1. The SMILES string of the molecule is Cc1nc(-c2ccc(NC(=O)C3COCCN3)cc2)cs1.Cl. The second-order valence-corrected chi connectivity index (χ2v) is 5.96. The summed E-state index contributed by atoms with van der Waals surface area (Å²) in [6, 6.07) is 7.45. The van der Waals surface area contributed by atoms with Crippen molar-refractivity contribution in [3.63, 3.8) is 0 Å². The van der Waals surface area contributed by atoms with E-state index in [9.17, 15) is 4.79 Å². The van der Waals surface area contributed by atoms with Crippen LogP contribution in [0.15, 0.2) is 29.6 Å². The van der Waals surface area contributed by atoms with E-state index in [1.165, 1.54) is 0 Å². The highest BCUT2D eigenvalue weighted by atomic mass is 35.5. The number of ether oxygens (including phenoxy) is 1. The molecule has 0 bridgehead atoms. The smallest absolute Gasteiger partial charge is 0.243 e. The van der Waals surface area contributed by atoms with E-state index in [4.69, 9.17) is 4.74 Å². The van der Waals surface area contributed by atoms with Crippen LogP contribution < -0.4 is 10.6 Å². The predicted octanol–water partition coefficient (Wildman–Crippen LogP) is 2.47. The van der Waals surface area contributed by atoms with Crippen LogP contribution in [-0.4, -0.2) is 36.7 Å². The largest absolute Gasteiger partial charge is 0.378 e. The number of hydrogen-bond acceptors (Lipinski definition) is 5. The van der Waals surface area contributed by atoms with Crippen LogP contribution in [0.2, 0.25) is 0 Å². The van der Waals surface area contributed by atoms with Crippen molar-refractivity contribution in [2.24, 2.45) is 0 Å². The lowest BCUT2D eigenvalue weighted by atomic mass is 10.1. The van der Waals surface area contributed by atoms with Crippen LogP contribution in [0.1, 0.15) is 5.01 Å². The van der Waals surface area contributed by atoms with Crippen LogP contribution in [0.5, 0.6) is 0 Å². The number of halogens is 1. The summed E-state index contributed by atoms with van der Waals surface area (Å²) < 4.78 is 5.29. The number of aryl methyl sites for hydroxylation is 1. The molecular weight excluding hydrogens is 322 g/mol. The van der Waals surface area contributed by atoms with Crippen molar-refractivity contribution in [3.8, 4) is 11.3 Å². The summed E-state index contributed by atoms with van der Waals surface area (Å²) in [5, 5.41) is 9.11. The first-order chi connectivity index (χ1) is 10.2. The summed E-state index contributed by atoms with van der Waals surface area (Å²) in [7, 11) is 0. The summed E-state index contributed by atoms with van der Waals surface area (Å²) in [5.41, 5.74) is 2.80. The van der Waals surface area contributed by atoms with E-state index in [0.29, 0.717) is 19.8 Å². The number of hydrogen-bond donors (Lipinski definition) is 2. The Morgan fingerprint density at radius 3 is 2.77 bits per heavy atom. The second-order valence-electron chi connectivity index (χ2n) is 4.90. The molecule has 1 unspecified atom stereocenters. The molecular formula is C15H18ClN3O2S. The first kappa shape index (κ1) is 16.9. The number of anilines is 1.